The summed E-state index contributed by atoms with van der Waals surface area (Å²) in [5.74, 6) is 0. The lowest BCUT2D eigenvalue weighted by Crippen LogP contribution is -2.38. The molecule has 0 saturated carbocycles. The number of nitrogens with one attached hydrogen (secondary N) is 2. The van der Waals surface area contributed by atoms with Crippen molar-refractivity contribution in [2.45, 2.75) is 38.4 Å². The van der Waals surface area contributed by atoms with Gasteiger partial charge in [-0.25, -0.2) is 4.79 Å². The molecule has 6 heteroatoms. The second-order valence-electron chi connectivity index (χ2n) is 6.79. The zero-order chi connectivity index (χ0) is 18.1. The minimum Gasteiger partial charge on any atom is -0.387 e. The fourth-order valence-corrected chi connectivity index (χ4v) is 2.83. The van der Waals surface area contributed by atoms with Crippen molar-refractivity contribution in [2.24, 2.45) is 0 Å². The van der Waals surface area contributed by atoms with Crippen LogP contribution in [0.1, 0.15) is 36.5 Å². The molecule has 2 amide bonds. The molecule has 1 saturated heterocycles. The van der Waals surface area contributed by atoms with Crippen LogP contribution in [0.5, 0.6) is 0 Å². The van der Waals surface area contributed by atoms with Crippen molar-refractivity contribution >= 4 is 6.03 Å². The first-order valence-electron chi connectivity index (χ1n) is 9.11. The van der Waals surface area contributed by atoms with Crippen LogP contribution in [0.15, 0.2) is 24.3 Å². The Balaban J connectivity index is 1.51. The second-order valence-corrected chi connectivity index (χ2v) is 6.79. The van der Waals surface area contributed by atoms with Gasteiger partial charge in [-0.15, -0.1) is 0 Å². The van der Waals surface area contributed by atoms with Crippen molar-refractivity contribution in [1.82, 2.24) is 15.5 Å². The van der Waals surface area contributed by atoms with E-state index < -0.39 is 6.10 Å². The zero-order valence-electron chi connectivity index (χ0n) is 15.3. The monoisotopic (exact) mass is 349 g/mol. The molecule has 2 rings (SSSR count). The quantitative estimate of drug-likeness (QED) is 0.626. The third-order valence-corrected chi connectivity index (χ3v) is 4.54. The number of amides is 2. The Morgan fingerprint density at radius 3 is 2.64 bits per heavy atom. The molecule has 1 aromatic rings. The molecule has 0 aromatic heterocycles. The summed E-state index contributed by atoms with van der Waals surface area (Å²) in [4.78, 5) is 14.1. The third-order valence-electron chi connectivity index (χ3n) is 4.54. The maximum atomic E-state index is 11.8. The summed E-state index contributed by atoms with van der Waals surface area (Å²) >= 11 is 0. The third kappa shape index (κ3) is 7.42. The summed E-state index contributed by atoms with van der Waals surface area (Å²) in [7, 11) is 2.13. The number of aliphatic hydroxyl groups is 1. The van der Waals surface area contributed by atoms with Crippen LogP contribution < -0.4 is 10.6 Å². The molecule has 1 fully saturated rings. The Kier molecular flexibility index (Phi) is 8.18. The van der Waals surface area contributed by atoms with Crippen molar-refractivity contribution < 1.29 is 14.6 Å². The van der Waals surface area contributed by atoms with Gasteiger partial charge in [0, 0.05) is 32.8 Å². The lowest BCUT2D eigenvalue weighted by molar-refractivity contribution is 0.0118. The van der Waals surface area contributed by atoms with Crippen LogP contribution in [0.2, 0.25) is 0 Å². The zero-order valence-corrected chi connectivity index (χ0v) is 15.3. The molecule has 1 heterocycles. The number of nitrogens with zero attached hydrogens (tertiary/aromatic N) is 1. The van der Waals surface area contributed by atoms with E-state index in [1.165, 1.54) is 0 Å². The van der Waals surface area contributed by atoms with E-state index in [0.29, 0.717) is 19.3 Å². The van der Waals surface area contributed by atoms with Crippen LogP contribution in [-0.4, -0.2) is 62.0 Å². The smallest absolute Gasteiger partial charge is 0.314 e. The molecule has 0 aliphatic carbocycles. The average molecular weight is 349 g/mol. The topological polar surface area (TPSA) is 73.8 Å². The van der Waals surface area contributed by atoms with Gasteiger partial charge in [0.25, 0.3) is 0 Å². The molecule has 25 heavy (non-hydrogen) atoms. The Hall–Kier alpha value is -1.63. The molecule has 0 radical (unpaired) electrons. The molecular formula is C19H31N3O3. The van der Waals surface area contributed by atoms with Gasteiger partial charge in [0.05, 0.1) is 12.2 Å². The van der Waals surface area contributed by atoms with E-state index in [1.807, 2.05) is 31.2 Å². The number of carbonyl (C=O) groups excluding carboxylic acids is 1. The number of hydrogen-bond donors (Lipinski definition) is 3. The lowest BCUT2D eigenvalue weighted by Gasteiger charge is -2.28. The second kappa shape index (κ2) is 10.4. The minimum atomic E-state index is -0.695. The molecule has 1 aromatic carbocycles. The highest BCUT2D eigenvalue weighted by Crippen LogP contribution is 2.13. The van der Waals surface area contributed by atoms with E-state index in [0.717, 1.165) is 43.5 Å². The van der Waals surface area contributed by atoms with Gasteiger partial charge >= 0.3 is 6.03 Å². The van der Waals surface area contributed by atoms with Crippen molar-refractivity contribution in [1.29, 1.82) is 0 Å². The first-order valence-corrected chi connectivity index (χ1v) is 9.11. The highest BCUT2D eigenvalue weighted by molar-refractivity contribution is 5.73. The van der Waals surface area contributed by atoms with E-state index in [-0.39, 0.29) is 12.6 Å². The predicted molar refractivity (Wildman–Crippen MR) is 98.6 cm³/mol. The van der Waals surface area contributed by atoms with Crippen LogP contribution in [-0.2, 0) is 4.74 Å². The summed E-state index contributed by atoms with van der Waals surface area (Å²) in [6.07, 6.45) is 2.62. The fraction of sp³-hybridized carbons (Fsp3) is 0.632. The van der Waals surface area contributed by atoms with E-state index in [2.05, 4.69) is 22.6 Å². The first kappa shape index (κ1) is 19.7. The highest BCUT2D eigenvalue weighted by atomic mass is 16.5. The summed E-state index contributed by atoms with van der Waals surface area (Å²) in [5, 5.41) is 15.6. The summed E-state index contributed by atoms with van der Waals surface area (Å²) in [5.41, 5.74) is 1.95. The first-order chi connectivity index (χ1) is 12.0. The van der Waals surface area contributed by atoms with Gasteiger partial charge in [0.2, 0.25) is 0 Å². The molecule has 1 aliphatic heterocycles. The molecule has 6 nitrogen and oxygen atoms in total. The number of likely N-dealkylation sites (tertiary alicyclic amines) is 1. The van der Waals surface area contributed by atoms with Crippen molar-refractivity contribution in [2.75, 3.05) is 39.8 Å². The predicted octanol–water partition coefficient (Wildman–Crippen LogP) is 1.83. The van der Waals surface area contributed by atoms with Crippen LogP contribution in [0.4, 0.5) is 4.79 Å². The Bertz CT molecular complexity index is 513. The number of rotatable bonds is 8. The van der Waals surface area contributed by atoms with Gasteiger partial charge in [-0.2, -0.15) is 0 Å². The Labute approximate surface area is 150 Å². The molecule has 0 spiro atoms. The Morgan fingerprint density at radius 1 is 1.28 bits per heavy atom. The van der Waals surface area contributed by atoms with Crippen molar-refractivity contribution in [3.8, 4) is 0 Å². The molecule has 1 unspecified atom stereocenters. The molecule has 1 atom stereocenters. The molecular weight excluding hydrogens is 318 g/mol. The molecule has 0 bridgehead atoms. The van der Waals surface area contributed by atoms with Crippen LogP contribution in [0, 0.1) is 6.92 Å². The van der Waals surface area contributed by atoms with E-state index in [1.54, 1.807) is 0 Å². The van der Waals surface area contributed by atoms with Crippen LogP contribution in [0.3, 0.4) is 0 Å². The van der Waals surface area contributed by atoms with E-state index in [9.17, 15) is 9.90 Å². The number of ether oxygens (including phenoxy) is 1. The number of urea groups is 1. The van der Waals surface area contributed by atoms with Gasteiger partial charge in [0.1, 0.15) is 0 Å². The molecule has 3 N–H and O–H groups in total. The average Bonchev–Trinajstić information content (AvgIpc) is 2.61. The lowest BCUT2D eigenvalue weighted by atomic mass is 10.1. The fourth-order valence-electron chi connectivity index (χ4n) is 2.83. The molecule has 140 valence electrons. The minimum absolute atomic E-state index is 0.195. The van der Waals surface area contributed by atoms with Gasteiger partial charge in [-0.3, -0.25) is 0 Å². The number of carbonyl (C=O) groups is 1. The standard InChI is InChI=1S/C19H31N3O3/c1-15-4-6-16(7-5-15)18(23)14-21-19(24)20-10-3-13-25-17-8-11-22(2)12-9-17/h4-7,17-18,23H,3,8-14H2,1-2H3,(H2,20,21,24). The summed E-state index contributed by atoms with van der Waals surface area (Å²) in [6, 6.07) is 7.39. The number of aryl methyl sites for hydroxylation is 1. The number of piperidine rings is 1. The summed E-state index contributed by atoms with van der Waals surface area (Å²) in [6.45, 7) is 5.61. The van der Waals surface area contributed by atoms with Crippen molar-refractivity contribution in [3.63, 3.8) is 0 Å². The molecule has 1 aliphatic rings. The number of benzene rings is 1. The number of hydrogen-bond acceptors (Lipinski definition) is 4. The normalized spacial score (nSPS) is 17.2. The Morgan fingerprint density at radius 2 is 1.96 bits per heavy atom. The summed E-state index contributed by atoms with van der Waals surface area (Å²) < 4.78 is 5.84. The van der Waals surface area contributed by atoms with Gasteiger partial charge < -0.3 is 25.4 Å². The van der Waals surface area contributed by atoms with E-state index >= 15 is 0 Å². The maximum absolute atomic E-state index is 11.8. The van der Waals surface area contributed by atoms with Gasteiger partial charge in [0.15, 0.2) is 0 Å². The van der Waals surface area contributed by atoms with E-state index in [4.69, 9.17) is 4.74 Å². The SMILES string of the molecule is Cc1ccc(C(O)CNC(=O)NCCCOC2CCN(C)CC2)cc1. The highest BCUT2D eigenvalue weighted by Gasteiger charge is 2.16. The van der Waals surface area contributed by atoms with Gasteiger partial charge in [-0.1, -0.05) is 29.8 Å². The van der Waals surface area contributed by atoms with Crippen LogP contribution >= 0.6 is 0 Å². The maximum Gasteiger partial charge on any atom is 0.314 e. The van der Waals surface area contributed by atoms with Gasteiger partial charge in [-0.05, 0) is 38.8 Å². The number of aliphatic hydroxyl groups excluding tert-OH is 1. The van der Waals surface area contributed by atoms with Crippen LogP contribution in [0.25, 0.3) is 0 Å². The van der Waals surface area contributed by atoms with Crippen molar-refractivity contribution in [3.05, 3.63) is 35.4 Å². The largest absolute Gasteiger partial charge is 0.387 e.